The van der Waals surface area contributed by atoms with Crippen LogP contribution in [0.3, 0.4) is 0 Å². The Morgan fingerprint density at radius 3 is 2.42 bits per heavy atom. The van der Waals surface area contributed by atoms with Crippen LogP contribution in [0.5, 0.6) is 0 Å². The van der Waals surface area contributed by atoms with Gasteiger partial charge in [-0.3, -0.25) is 14.9 Å². The number of hydrogen-bond donors (Lipinski definition) is 2. The fraction of sp³-hybridized carbons (Fsp3) is 0. The lowest BCUT2D eigenvalue weighted by atomic mass is 10.2. The summed E-state index contributed by atoms with van der Waals surface area (Å²) in [6.07, 6.45) is 0.346. The summed E-state index contributed by atoms with van der Waals surface area (Å²) in [4.78, 5) is 20.9. The molecule has 0 saturated carbocycles. The fourth-order valence-corrected chi connectivity index (χ4v) is 0.771. The first-order valence-corrected chi connectivity index (χ1v) is 3.34. The summed E-state index contributed by atoms with van der Waals surface area (Å²) >= 11 is 0. The molecule has 0 spiro atoms. The molecule has 0 bridgehead atoms. The molecule has 3 N–H and O–H groups in total. The zero-order chi connectivity index (χ0) is 8.97. The van der Waals surface area contributed by atoms with Gasteiger partial charge in [0.25, 0.3) is 5.91 Å². The van der Waals surface area contributed by atoms with Crippen LogP contribution in [0.2, 0.25) is 0 Å². The summed E-state index contributed by atoms with van der Waals surface area (Å²) in [5.74, 6) is -0.426. The van der Waals surface area contributed by atoms with Gasteiger partial charge in [-0.2, -0.15) is 0 Å². The molecule has 1 rings (SSSR count). The molecule has 0 aliphatic rings. The van der Waals surface area contributed by atoms with Gasteiger partial charge in [0.2, 0.25) is 6.41 Å². The Bertz CT molecular complexity index is 292. The summed E-state index contributed by atoms with van der Waals surface area (Å²) < 4.78 is 0. The van der Waals surface area contributed by atoms with Crippen molar-refractivity contribution in [2.75, 3.05) is 5.73 Å². The van der Waals surface area contributed by atoms with E-state index >= 15 is 0 Å². The van der Waals surface area contributed by atoms with E-state index in [0.717, 1.165) is 0 Å². The van der Waals surface area contributed by atoms with Crippen molar-refractivity contribution in [2.24, 2.45) is 0 Å². The third kappa shape index (κ3) is 1.82. The number of rotatable bonds is 2. The second kappa shape index (κ2) is 3.52. The second-order valence-electron chi connectivity index (χ2n) is 2.21. The molecule has 0 atom stereocenters. The first-order valence-electron chi connectivity index (χ1n) is 3.34. The van der Waals surface area contributed by atoms with Gasteiger partial charge in [0.1, 0.15) is 0 Å². The SMILES string of the molecule is Nc1ccc(C(=O)NC=O)cc1. The van der Waals surface area contributed by atoms with Crippen LogP contribution < -0.4 is 11.1 Å². The van der Waals surface area contributed by atoms with Crippen molar-refractivity contribution in [3.05, 3.63) is 29.8 Å². The fourth-order valence-electron chi connectivity index (χ4n) is 0.771. The Hall–Kier alpha value is -1.84. The zero-order valence-electron chi connectivity index (χ0n) is 6.28. The van der Waals surface area contributed by atoms with Gasteiger partial charge in [-0.25, -0.2) is 0 Å². The Morgan fingerprint density at radius 1 is 1.33 bits per heavy atom. The number of hydrogen-bond acceptors (Lipinski definition) is 3. The highest BCUT2D eigenvalue weighted by Gasteiger charge is 2.01. The Labute approximate surface area is 69.4 Å². The molecular weight excluding hydrogens is 156 g/mol. The van der Waals surface area contributed by atoms with Gasteiger partial charge in [0.05, 0.1) is 0 Å². The standard InChI is InChI=1S/C8H8N2O2/c9-7-3-1-6(2-4-7)8(12)10-5-11/h1-5H,9H2,(H,10,11,12). The molecule has 0 heterocycles. The van der Waals surface area contributed by atoms with Gasteiger partial charge in [0.15, 0.2) is 0 Å². The highest BCUT2D eigenvalue weighted by Crippen LogP contribution is 2.04. The number of nitrogens with one attached hydrogen (secondary N) is 1. The molecule has 1 aromatic rings. The van der Waals surface area contributed by atoms with Crippen LogP contribution in [-0.2, 0) is 4.79 Å². The van der Waals surface area contributed by atoms with Gasteiger partial charge >= 0.3 is 0 Å². The molecule has 62 valence electrons. The number of imide groups is 1. The third-order valence-electron chi connectivity index (χ3n) is 1.36. The lowest BCUT2D eigenvalue weighted by molar-refractivity contribution is -0.108. The second-order valence-corrected chi connectivity index (χ2v) is 2.21. The molecule has 0 radical (unpaired) electrons. The Kier molecular flexibility index (Phi) is 2.42. The molecule has 0 aromatic heterocycles. The number of carbonyl (C=O) groups excluding carboxylic acids is 2. The van der Waals surface area contributed by atoms with Crippen LogP contribution in [0.1, 0.15) is 10.4 Å². The van der Waals surface area contributed by atoms with Gasteiger partial charge in [-0.15, -0.1) is 0 Å². The normalized spacial score (nSPS) is 9.00. The largest absolute Gasteiger partial charge is 0.399 e. The highest BCUT2D eigenvalue weighted by molar-refractivity contribution is 5.99. The predicted molar refractivity (Wildman–Crippen MR) is 44.4 cm³/mol. The summed E-state index contributed by atoms with van der Waals surface area (Å²) in [6.45, 7) is 0. The van der Waals surface area contributed by atoms with Crippen molar-refractivity contribution in [1.82, 2.24) is 5.32 Å². The van der Waals surface area contributed by atoms with Gasteiger partial charge in [0, 0.05) is 11.3 Å². The van der Waals surface area contributed by atoms with Crippen LogP contribution in [0.25, 0.3) is 0 Å². The van der Waals surface area contributed by atoms with E-state index in [1.54, 1.807) is 24.3 Å². The van der Waals surface area contributed by atoms with E-state index in [1.165, 1.54) is 0 Å². The van der Waals surface area contributed by atoms with E-state index in [1.807, 2.05) is 5.32 Å². The lowest BCUT2D eigenvalue weighted by Gasteiger charge is -1.97. The van der Waals surface area contributed by atoms with Gasteiger partial charge in [-0.1, -0.05) is 0 Å². The zero-order valence-corrected chi connectivity index (χ0v) is 6.28. The minimum atomic E-state index is -0.426. The summed E-state index contributed by atoms with van der Waals surface area (Å²) in [5.41, 5.74) is 6.39. The van der Waals surface area contributed by atoms with Gasteiger partial charge in [-0.05, 0) is 24.3 Å². The molecule has 0 unspecified atom stereocenters. The van der Waals surface area contributed by atoms with Crippen molar-refractivity contribution in [3.63, 3.8) is 0 Å². The van der Waals surface area contributed by atoms with Crippen LogP contribution in [0.4, 0.5) is 5.69 Å². The quantitative estimate of drug-likeness (QED) is 0.483. The van der Waals surface area contributed by atoms with E-state index < -0.39 is 5.91 Å². The molecule has 1 aromatic carbocycles. The molecular formula is C8H8N2O2. The predicted octanol–water partition coefficient (Wildman–Crippen LogP) is 0.155. The summed E-state index contributed by atoms with van der Waals surface area (Å²) in [5, 5.41) is 2.02. The van der Waals surface area contributed by atoms with Crippen LogP contribution in [-0.4, -0.2) is 12.3 Å². The van der Waals surface area contributed by atoms with Crippen molar-refractivity contribution >= 4 is 18.0 Å². The minimum absolute atomic E-state index is 0.346. The van der Waals surface area contributed by atoms with Crippen molar-refractivity contribution in [1.29, 1.82) is 0 Å². The topological polar surface area (TPSA) is 72.2 Å². The Morgan fingerprint density at radius 2 is 1.92 bits per heavy atom. The van der Waals surface area contributed by atoms with Gasteiger partial charge < -0.3 is 5.73 Å². The molecule has 12 heavy (non-hydrogen) atoms. The highest BCUT2D eigenvalue weighted by atomic mass is 16.2. The number of anilines is 1. The van der Waals surface area contributed by atoms with E-state index in [-0.39, 0.29) is 0 Å². The van der Waals surface area contributed by atoms with Crippen molar-refractivity contribution in [2.45, 2.75) is 0 Å². The van der Waals surface area contributed by atoms with Crippen molar-refractivity contribution in [3.8, 4) is 0 Å². The van der Waals surface area contributed by atoms with E-state index in [9.17, 15) is 9.59 Å². The number of nitrogens with two attached hydrogens (primary N) is 1. The monoisotopic (exact) mass is 164 g/mol. The summed E-state index contributed by atoms with van der Waals surface area (Å²) in [7, 11) is 0. The smallest absolute Gasteiger partial charge is 0.257 e. The summed E-state index contributed by atoms with van der Waals surface area (Å²) in [6, 6.07) is 6.29. The molecule has 2 amide bonds. The number of benzene rings is 1. The number of nitrogen functional groups attached to an aromatic ring is 1. The van der Waals surface area contributed by atoms with E-state index in [0.29, 0.717) is 17.7 Å². The number of carbonyl (C=O) groups is 2. The van der Waals surface area contributed by atoms with E-state index in [4.69, 9.17) is 5.73 Å². The molecule has 0 fully saturated rings. The number of amides is 2. The molecule has 4 heteroatoms. The first-order chi connectivity index (χ1) is 5.74. The average Bonchev–Trinajstić information content (AvgIpc) is 2.06. The maximum Gasteiger partial charge on any atom is 0.257 e. The average molecular weight is 164 g/mol. The molecule has 0 saturated heterocycles. The lowest BCUT2D eigenvalue weighted by Crippen LogP contribution is -2.20. The Balaban J connectivity index is 2.82. The first kappa shape index (κ1) is 8.26. The van der Waals surface area contributed by atoms with Crippen molar-refractivity contribution < 1.29 is 9.59 Å². The maximum absolute atomic E-state index is 11.0. The minimum Gasteiger partial charge on any atom is -0.399 e. The third-order valence-corrected chi connectivity index (χ3v) is 1.36. The maximum atomic E-state index is 11.0. The molecule has 0 aliphatic heterocycles. The molecule has 0 aliphatic carbocycles. The van der Waals surface area contributed by atoms with Crippen LogP contribution in [0.15, 0.2) is 24.3 Å². The van der Waals surface area contributed by atoms with Crippen LogP contribution >= 0.6 is 0 Å². The van der Waals surface area contributed by atoms with Crippen LogP contribution in [0, 0.1) is 0 Å². The van der Waals surface area contributed by atoms with E-state index in [2.05, 4.69) is 0 Å². The molecule has 4 nitrogen and oxygen atoms in total.